The highest BCUT2D eigenvalue weighted by atomic mass is 35.5. The second-order valence-electron chi connectivity index (χ2n) is 5.62. The molecular formula is C17H17Cl2N. The van der Waals surface area contributed by atoms with Gasteiger partial charge < -0.3 is 5.32 Å². The lowest BCUT2D eigenvalue weighted by molar-refractivity contribution is 0.273. The Labute approximate surface area is 129 Å². The van der Waals surface area contributed by atoms with E-state index >= 15 is 0 Å². The Morgan fingerprint density at radius 2 is 1.80 bits per heavy atom. The number of hydrogen-bond donors (Lipinski definition) is 1. The van der Waals surface area contributed by atoms with Crippen LogP contribution in [0.25, 0.3) is 0 Å². The average Bonchev–Trinajstić information content (AvgIpc) is 2.39. The van der Waals surface area contributed by atoms with E-state index in [9.17, 15) is 0 Å². The molecule has 0 radical (unpaired) electrons. The summed E-state index contributed by atoms with van der Waals surface area (Å²) in [6, 6.07) is 14.6. The first-order chi connectivity index (χ1) is 9.61. The lowest BCUT2D eigenvalue weighted by Crippen LogP contribution is -2.58. The first-order valence-corrected chi connectivity index (χ1v) is 7.57. The van der Waals surface area contributed by atoms with Crippen molar-refractivity contribution < 1.29 is 0 Å². The van der Waals surface area contributed by atoms with Crippen LogP contribution in [-0.4, -0.2) is 13.1 Å². The molecule has 1 N–H and O–H groups in total. The van der Waals surface area contributed by atoms with Crippen molar-refractivity contribution in [3.63, 3.8) is 0 Å². The molecule has 1 nitrogen and oxygen atoms in total. The molecule has 0 atom stereocenters. The molecule has 0 aromatic heterocycles. The first-order valence-electron chi connectivity index (χ1n) is 6.81. The Morgan fingerprint density at radius 1 is 1.05 bits per heavy atom. The van der Waals surface area contributed by atoms with Gasteiger partial charge in [0, 0.05) is 18.5 Å². The van der Waals surface area contributed by atoms with Crippen LogP contribution in [0.1, 0.15) is 16.7 Å². The molecule has 2 aromatic carbocycles. The second kappa shape index (κ2) is 5.40. The Hall–Kier alpha value is -1.02. The number of hydrogen-bond acceptors (Lipinski definition) is 1. The summed E-state index contributed by atoms with van der Waals surface area (Å²) in [6.45, 7) is 4.21. The van der Waals surface area contributed by atoms with Crippen molar-refractivity contribution in [1.29, 1.82) is 0 Å². The molecule has 104 valence electrons. The molecule has 1 saturated heterocycles. The van der Waals surface area contributed by atoms with E-state index in [1.165, 1.54) is 16.7 Å². The molecule has 0 aliphatic carbocycles. The predicted molar refractivity (Wildman–Crippen MR) is 85.9 cm³/mol. The third kappa shape index (κ3) is 2.46. The van der Waals surface area contributed by atoms with E-state index in [2.05, 4.69) is 42.6 Å². The number of aryl methyl sites for hydroxylation is 1. The Bertz CT molecular complexity index is 633. The van der Waals surface area contributed by atoms with Crippen LogP contribution in [0, 0.1) is 6.92 Å². The maximum atomic E-state index is 6.13. The highest BCUT2D eigenvalue weighted by Gasteiger charge is 2.39. The summed E-state index contributed by atoms with van der Waals surface area (Å²) in [5, 5.41) is 4.67. The van der Waals surface area contributed by atoms with Crippen LogP contribution < -0.4 is 5.32 Å². The Kier molecular flexibility index (Phi) is 3.76. The zero-order valence-electron chi connectivity index (χ0n) is 11.4. The van der Waals surface area contributed by atoms with E-state index in [0.717, 1.165) is 19.5 Å². The summed E-state index contributed by atoms with van der Waals surface area (Å²) in [4.78, 5) is 0. The number of benzene rings is 2. The molecule has 2 aromatic rings. The number of rotatable bonds is 3. The average molecular weight is 306 g/mol. The fourth-order valence-electron chi connectivity index (χ4n) is 3.05. The van der Waals surface area contributed by atoms with Crippen LogP contribution >= 0.6 is 23.2 Å². The normalized spacial score (nSPS) is 16.8. The van der Waals surface area contributed by atoms with E-state index in [4.69, 9.17) is 23.2 Å². The van der Waals surface area contributed by atoms with E-state index in [-0.39, 0.29) is 5.41 Å². The van der Waals surface area contributed by atoms with Crippen molar-refractivity contribution in [2.75, 3.05) is 13.1 Å². The SMILES string of the molecule is Cc1ccccc1C1(Cc2ccc(Cl)c(Cl)c2)CNC1. The van der Waals surface area contributed by atoms with Gasteiger partial charge >= 0.3 is 0 Å². The minimum Gasteiger partial charge on any atom is -0.315 e. The van der Waals surface area contributed by atoms with Crippen molar-refractivity contribution in [2.45, 2.75) is 18.8 Å². The third-order valence-electron chi connectivity index (χ3n) is 4.17. The summed E-state index contributed by atoms with van der Waals surface area (Å²) >= 11 is 12.1. The Morgan fingerprint density at radius 3 is 2.40 bits per heavy atom. The first kappa shape index (κ1) is 13.9. The highest BCUT2D eigenvalue weighted by molar-refractivity contribution is 6.42. The topological polar surface area (TPSA) is 12.0 Å². The van der Waals surface area contributed by atoms with Gasteiger partial charge in [-0.3, -0.25) is 0 Å². The van der Waals surface area contributed by atoms with E-state index < -0.39 is 0 Å². The summed E-state index contributed by atoms with van der Waals surface area (Å²) < 4.78 is 0. The minimum atomic E-state index is 0.183. The van der Waals surface area contributed by atoms with E-state index in [1.807, 2.05) is 12.1 Å². The van der Waals surface area contributed by atoms with Crippen molar-refractivity contribution in [1.82, 2.24) is 5.32 Å². The maximum absolute atomic E-state index is 6.13. The quantitative estimate of drug-likeness (QED) is 0.887. The predicted octanol–water partition coefficient (Wildman–Crippen LogP) is 4.39. The van der Waals surface area contributed by atoms with Gasteiger partial charge in [0.15, 0.2) is 0 Å². The van der Waals surface area contributed by atoms with Crippen LogP contribution in [-0.2, 0) is 11.8 Å². The van der Waals surface area contributed by atoms with Crippen LogP contribution in [0.4, 0.5) is 0 Å². The van der Waals surface area contributed by atoms with Crippen molar-refractivity contribution >= 4 is 23.2 Å². The number of nitrogens with one attached hydrogen (secondary N) is 1. The lowest BCUT2D eigenvalue weighted by atomic mass is 9.69. The molecule has 0 bridgehead atoms. The molecular weight excluding hydrogens is 289 g/mol. The zero-order valence-corrected chi connectivity index (χ0v) is 12.9. The molecule has 20 heavy (non-hydrogen) atoms. The summed E-state index contributed by atoms with van der Waals surface area (Å²) in [7, 11) is 0. The molecule has 0 amide bonds. The van der Waals surface area contributed by atoms with Gasteiger partial charge in [0.05, 0.1) is 10.0 Å². The van der Waals surface area contributed by atoms with Gasteiger partial charge in [0.25, 0.3) is 0 Å². The van der Waals surface area contributed by atoms with E-state index in [0.29, 0.717) is 10.0 Å². The highest BCUT2D eigenvalue weighted by Crippen LogP contribution is 2.35. The molecule has 0 unspecified atom stereocenters. The summed E-state index contributed by atoms with van der Waals surface area (Å²) in [5.41, 5.74) is 4.21. The monoisotopic (exact) mass is 305 g/mol. The zero-order chi connectivity index (χ0) is 14.2. The summed E-state index contributed by atoms with van der Waals surface area (Å²) in [5.74, 6) is 0. The second-order valence-corrected chi connectivity index (χ2v) is 6.44. The molecule has 1 aliphatic rings. The van der Waals surface area contributed by atoms with Crippen molar-refractivity contribution in [3.05, 3.63) is 69.2 Å². The molecule has 1 aliphatic heterocycles. The smallest absolute Gasteiger partial charge is 0.0595 e. The van der Waals surface area contributed by atoms with Crippen molar-refractivity contribution in [3.8, 4) is 0 Å². The molecule has 0 spiro atoms. The summed E-state index contributed by atoms with van der Waals surface area (Å²) in [6.07, 6.45) is 0.988. The van der Waals surface area contributed by atoms with Crippen LogP contribution in [0.3, 0.4) is 0 Å². The lowest BCUT2D eigenvalue weighted by Gasteiger charge is -2.44. The van der Waals surface area contributed by atoms with Crippen molar-refractivity contribution in [2.24, 2.45) is 0 Å². The molecule has 1 fully saturated rings. The number of halogens is 2. The fraction of sp³-hybridized carbons (Fsp3) is 0.294. The Balaban J connectivity index is 1.94. The van der Waals surface area contributed by atoms with Gasteiger partial charge in [-0.25, -0.2) is 0 Å². The minimum absolute atomic E-state index is 0.183. The van der Waals surface area contributed by atoms with E-state index in [1.54, 1.807) is 0 Å². The van der Waals surface area contributed by atoms with Gasteiger partial charge in [-0.1, -0.05) is 53.5 Å². The van der Waals surface area contributed by atoms with Crippen LogP contribution in [0.5, 0.6) is 0 Å². The van der Waals surface area contributed by atoms with Gasteiger partial charge in [-0.15, -0.1) is 0 Å². The van der Waals surface area contributed by atoms with Gasteiger partial charge in [0.2, 0.25) is 0 Å². The third-order valence-corrected chi connectivity index (χ3v) is 4.91. The standard InChI is InChI=1S/C17H17Cl2N/c1-12-4-2-3-5-14(12)17(10-20-11-17)9-13-6-7-15(18)16(19)8-13/h2-8,20H,9-11H2,1H3. The molecule has 3 rings (SSSR count). The maximum Gasteiger partial charge on any atom is 0.0595 e. The largest absolute Gasteiger partial charge is 0.315 e. The van der Waals surface area contributed by atoms with Crippen LogP contribution in [0.2, 0.25) is 10.0 Å². The van der Waals surface area contributed by atoms with Gasteiger partial charge in [-0.05, 0) is 42.2 Å². The molecule has 0 saturated carbocycles. The molecule has 3 heteroatoms. The fourth-order valence-corrected chi connectivity index (χ4v) is 3.37. The molecule has 1 heterocycles. The van der Waals surface area contributed by atoms with Gasteiger partial charge in [-0.2, -0.15) is 0 Å². The van der Waals surface area contributed by atoms with Gasteiger partial charge in [0.1, 0.15) is 0 Å². The van der Waals surface area contributed by atoms with Crippen LogP contribution in [0.15, 0.2) is 42.5 Å².